The number of carbonyl (C=O) groups is 1. The largest absolute Gasteiger partial charge is 0.478 e. The Balaban J connectivity index is 1.43. The first-order valence-corrected chi connectivity index (χ1v) is 12.2. The molecule has 2 amide bonds. The number of carbonyl (C=O) groups excluding carboxylic acids is 1. The third-order valence-electron chi connectivity index (χ3n) is 6.05. The summed E-state index contributed by atoms with van der Waals surface area (Å²) < 4.78 is 20.6. The number of ether oxygens (including phenoxy) is 1. The minimum absolute atomic E-state index is 0.00191. The number of hydrogen-bond donors (Lipinski definition) is 1. The van der Waals surface area contributed by atoms with Crippen LogP contribution in [-0.4, -0.2) is 65.2 Å². The second-order valence-electron chi connectivity index (χ2n) is 9.20. The van der Waals surface area contributed by atoms with Crippen LogP contribution in [0.1, 0.15) is 39.5 Å². The maximum Gasteiger partial charge on any atom is 0.323 e. The molecule has 0 atom stereocenters. The van der Waals surface area contributed by atoms with Gasteiger partial charge in [0, 0.05) is 37.5 Å². The standard InChI is InChI=1S/C26H33FN6O2/c1-18(2)30-26(34)32(3)24-17-28-22-9-8-19(14-23(22)31-24)20-16-29-25(15-21(20)27)35-13-7-12-33-10-5-4-6-11-33/h8-9,14-18H,4-7,10-13H2,1-3H3,(H,30,34). The number of likely N-dealkylation sites (tertiary alicyclic amines) is 1. The van der Waals surface area contributed by atoms with Crippen molar-refractivity contribution in [1.82, 2.24) is 25.2 Å². The molecule has 9 heteroatoms. The Hall–Kier alpha value is -3.33. The quantitative estimate of drug-likeness (QED) is 0.473. The van der Waals surface area contributed by atoms with Crippen LogP contribution in [-0.2, 0) is 0 Å². The van der Waals surface area contributed by atoms with E-state index in [1.54, 1.807) is 31.4 Å². The van der Waals surface area contributed by atoms with Crippen LogP contribution in [0.2, 0.25) is 0 Å². The molecule has 1 aromatic carbocycles. The Labute approximate surface area is 205 Å². The van der Waals surface area contributed by atoms with Crippen molar-refractivity contribution in [3.05, 3.63) is 42.5 Å². The monoisotopic (exact) mass is 480 g/mol. The van der Waals surface area contributed by atoms with Crippen LogP contribution in [0.15, 0.2) is 36.7 Å². The van der Waals surface area contributed by atoms with Crippen molar-refractivity contribution in [3.8, 4) is 17.0 Å². The van der Waals surface area contributed by atoms with Crippen LogP contribution >= 0.6 is 0 Å². The average Bonchev–Trinajstić information content (AvgIpc) is 2.86. The van der Waals surface area contributed by atoms with Crippen molar-refractivity contribution in [2.24, 2.45) is 0 Å². The van der Waals surface area contributed by atoms with E-state index in [9.17, 15) is 9.18 Å². The van der Waals surface area contributed by atoms with Gasteiger partial charge >= 0.3 is 6.03 Å². The van der Waals surface area contributed by atoms with Gasteiger partial charge in [0.1, 0.15) is 5.82 Å². The number of aromatic nitrogens is 3. The summed E-state index contributed by atoms with van der Waals surface area (Å²) in [6, 6.07) is 6.37. The van der Waals surface area contributed by atoms with Gasteiger partial charge in [-0.25, -0.2) is 19.2 Å². The first-order chi connectivity index (χ1) is 16.9. The molecule has 3 aromatic rings. The van der Waals surface area contributed by atoms with Gasteiger partial charge < -0.3 is 15.0 Å². The lowest BCUT2D eigenvalue weighted by Crippen LogP contribution is -2.41. The fourth-order valence-corrected chi connectivity index (χ4v) is 4.13. The fraction of sp³-hybridized carbons (Fsp3) is 0.462. The minimum atomic E-state index is -0.414. The van der Waals surface area contributed by atoms with Crippen molar-refractivity contribution in [2.45, 2.75) is 45.6 Å². The Morgan fingerprint density at radius 3 is 2.69 bits per heavy atom. The van der Waals surface area contributed by atoms with Crippen LogP contribution in [0.4, 0.5) is 15.0 Å². The molecule has 0 spiro atoms. The van der Waals surface area contributed by atoms with Gasteiger partial charge in [-0.05, 0) is 63.9 Å². The molecule has 0 unspecified atom stereocenters. The predicted octanol–water partition coefficient (Wildman–Crippen LogP) is 4.64. The number of fused-ring (bicyclic) bond motifs is 1. The van der Waals surface area contributed by atoms with Gasteiger partial charge in [-0.15, -0.1) is 0 Å². The molecule has 2 aromatic heterocycles. The van der Waals surface area contributed by atoms with E-state index in [0.29, 0.717) is 34.6 Å². The first kappa shape index (κ1) is 24.8. The maximum atomic E-state index is 14.9. The second-order valence-corrected chi connectivity index (χ2v) is 9.20. The number of piperidine rings is 1. The number of pyridine rings is 1. The van der Waals surface area contributed by atoms with Gasteiger partial charge in [-0.3, -0.25) is 9.88 Å². The lowest BCUT2D eigenvalue weighted by atomic mass is 10.1. The van der Waals surface area contributed by atoms with Gasteiger partial charge in [-0.2, -0.15) is 0 Å². The second kappa shape index (κ2) is 11.4. The molecular formula is C26H33FN6O2. The molecule has 1 aliphatic rings. The lowest BCUT2D eigenvalue weighted by Gasteiger charge is -2.26. The van der Waals surface area contributed by atoms with Crippen molar-refractivity contribution in [3.63, 3.8) is 0 Å². The molecule has 0 bridgehead atoms. The van der Waals surface area contributed by atoms with Crippen molar-refractivity contribution in [2.75, 3.05) is 38.2 Å². The highest BCUT2D eigenvalue weighted by atomic mass is 19.1. The minimum Gasteiger partial charge on any atom is -0.478 e. The zero-order chi connectivity index (χ0) is 24.8. The zero-order valence-electron chi connectivity index (χ0n) is 20.6. The number of amides is 2. The van der Waals surface area contributed by atoms with Crippen molar-refractivity contribution < 1.29 is 13.9 Å². The van der Waals surface area contributed by atoms with Crippen LogP contribution < -0.4 is 15.0 Å². The molecule has 0 aliphatic carbocycles. The van der Waals surface area contributed by atoms with Gasteiger partial charge in [0.15, 0.2) is 5.82 Å². The molecule has 186 valence electrons. The molecule has 8 nitrogen and oxygen atoms in total. The number of hydrogen-bond acceptors (Lipinski definition) is 6. The molecular weight excluding hydrogens is 447 g/mol. The molecule has 3 heterocycles. The lowest BCUT2D eigenvalue weighted by molar-refractivity contribution is 0.203. The van der Waals surface area contributed by atoms with Crippen LogP contribution in [0.5, 0.6) is 5.88 Å². The third-order valence-corrected chi connectivity index (χ3v) is 6.05. The smallest absolute Gasteiger partial charge is 0.323 e. The Morgan fingerprint density at radius 2 is 1.94 bits per heavy atom. The van der Waals surface area contributed by atoms with E-state index in [4.69, 9.17) is 4.74 Å². The van der Waals surface area contributed by atoms with Gasteiger partial charge in [0.2, 0.25) is 5.88 Å². The topological polar surface area (TPSA) is 83.5 Å². The molecule has 1 fully saturated rings. The van der Waals surface area contributed by atoms with Gasteiger partial charge in [-0.1, -0.05) is 12.5 Å². The van der Waals surface area contributed by atoms with Crippen molar-refractivity contribution >= 4 is 22.9 Å². The van der Waals surface area contributed by atoms with Gasteiger partial charge in [0.25, 0.3) is 0 Å². The highest BCUT2D eigenvalue weighted by Gasteiger charge is 2.15. The Morgan fingerprint density at radius 1 is 1.14 bits per heavy atom. The van der Waals surface area contributed by atoms with E-state index in [1.165, 1.54) is 36.4 Å². The van der Waals surface area contributed by atoms with E-state index >= 15 is 0 Å². The SMILES string of the molecule is CC(C)NC(=O)N(C)c1cnc2ccc(-c3cnc(OCCCN4CCCCC4)cc3F)cc2n1. The summed E-state index contributed by atoms with van der Waals surface area (Å²) in [4.78, 5) is 29.4. The number of rotatable bonds is 8. The summed E-state index contributed by atoms with van der Waals surface area (Å²) in [6.45, 7) is 7.59. The van der Waals surface area contributed by atoms with Crippen LogP contribution in [0.3, 0.4) is 0 Å². The zero-order valence-corrected chi connectivity index (χ0v) is 20.6. The van der Waals surface area contributed by atoms with E-state index in [2.05, 4.69) is 25.2 Å². The molecule has 0 saturated carbocycles. The van der Waals surface area contributed by atoms with Crippen LogP contribution in [0, 0.1) is 5.82 Å². The summed E-state index contributed by atoms with van der Waals surface area (Å²) in [5, 5.41) is 2.82. The molecule has 35 heavy (non-hydrogen) atoms. The molecule has 1 saturated heterocycles. The Kier molecular flexibility index (Phi) is 8.07. The number of halogens is 1. The van der Waals surface area contributed by atoms with E-state index in [-0.39, 0.29) is 18.0 Å². The number of nitrogens with zero attached hydrogens (tertiary/aromatic N) is 5. The summed E-state index contributed by atoms with van der Waals surface area (Å²) in [5.41, 5.74) is 2.18. The van der Waals surface area contributed by atoms with Crippen molar-refractivity contribution in [1.29, 1.82) is 0 Å². The van der Waals surface area contributed by atoms with E-state index in [1.807, 2.05) is 13.8 Å². The fourth-order valence-electron chi connectivity index (χ4n) is 4.13. The summed E-state index contributed by atoms with van der Waals surface area (Å²) >= 11 is 0. The number of benzene rings is 1. The van der Waals surface area contributed by atoms with E-state index < -0.39 is 5.82 Å². The normalized spacial score (nSPS) is 14.3. The number of urea groups is 1. The number of anilines is 1. The molecule has 0 radical (unpaired) electrons. The highest BCUT2D eigenvalue weighted by Crippen LogP contribution is 2.27. The van der Waals surface area contributed by atoms with Crippen LogP contribution in [0.25, 0.3) is 22.2 Å². The molecule has 4 rings (SSSR count). The third kappa shape index (κ3) is 6.42. The highest BCUT2D eigenvalue weighted by molar-refractivity contribution is 5.91. The Bertz CT molecular complexity index is 1170. The van der Waals surface area contributed by atoms with E-state index in [0.717, 1.165) is 26.1 Å². The summed E-state index contributed by atoms with van der Waals surface area (Å²) in [6.07, 6.45) is 7.76. The van der Waals surface area contributed by atoms with Gasteiger partial charge in [0.05, 0.1) is 23.8 Å². The predicted molar refractivity (Wildman–Crippen MR) is 135 cm³/mol. The summed E-state index contributed by atoms with van der Waals surface area (Å²) in [7, 11) is 1.63. The number of nitrogens with one attached hydrogen (secondary N) is 1. The molecule has 1 aliphatic heterocycles. The maximum absolute atomic E-state index is 14.9. The summed E-state index contributed by atoms with van der Waals surface area (Å²) in [5.74, 6) is 0.271. The average molecular weight is 481 g/mol. The first-order valence-electron chi connectivity index (χ1n) is 12.2. The molecule has 1 N–H and O–H groups in total.